The lowest BCUT2D eigenvalue weighted by molar-refractivity contribution is 0.0963. The number of benzene rings is 1. The van der Waals surface area contributed by atoms with Gasteiger partial charge in [-0.2, -0.15) is 0 Å². The van der Waals surface area contributed by atoms with Crippen LogP contribution in [0.3, 0.4) is 0 Å². The Labute approximate surface area is 122 Å². The Bertz CT molecular complexity index is 775. The SMILES string of the molecule is CNC(=O)c1ccc(-c2cn3ccccc3n2)c(OC)c1. The maximum atomic E-state index is 11.7. The molecular formula is C16H15N3O2. The van der Waals surface area contributed by atoms with E-state index in [1.807, 2.05) is 41.1 Å². The molecule has 0 aliphatic rings. The first-order valence-corrected chi connectivity index (χ1v) is 6.57. The van der Waals surface area contributed by atoms with Gasteiger partial charge in [-0.05, 0) is 30.3 Å². The average molecular weight is 281 g/mol. The monoisotopic (exact) mass is 281 g/mol. The van der Waals surface area contributed by atoms with Crippen LogP contribution in [0.15, 0.2) is 48.8 Å². The summed E-state index contributed by atoms with van der Waals surface area (Å²) >= 11 is 0. The summed E-state index contributed by atoms with van der Waals surface area (Å²) in [6.45, 7) is 0. The van der Waals surface area contributed by atoms with Crippen molar-refractivity contribution < 1.29 is 9.53 Å². The van der Waals surface area contributed by atoms with E-state index in [4.69, 9.17) is 4.74 Å². The van der Waals surface area contributed by atoms with Crippen molar-refractivity contribution in [2.45, 2.75) is 0 Å². The molecule has 1 aromatic carbocycles. The van der Waals surface area contributed by atoms with Gasteiger partial charge in [0.05, 0.1) is 12.8 Å². The average Bonchev–Trinajstić information content (AvgIpc) is 2.97. The van der Waals surface area contributed by atoms with E-state index in [0.29, 0.717) is 11.3 Å². The third-order valence-electron chi connectivity index (χ3n) is 3.33. The number of hydrogen-bond acceptors (Lipinski definition) is 3. The van der Waals surface area contributed by atoms with E-state index in [-0.39, 0.29) is 5.91 Å². The van der Waals surface area contributed by atoms with Crippen LogP contribution in [-0.2, 0) is 0 Å². The number of fused-ring (bicyclic) bond motifs is 1. The maximum absolute atomic E-state index is 11.7. The van der Waals surface area contributed by atoms with Gasteiger partial charge in [0.1, 0.15) is 11.4 Å². The molecule has 2 heterocycles. The van der Waals surface area contributed by atoms with Crippen LogP contribution in [0.1, 0.15) is 10.4 Å². The Balaban J connectivity index is 2.10. The standard InChI is InChI=1S/C16H15N3O2/c1-17-16(20)11-6-7-12(14(9-11)21-2)13-10-19-8-4-3-5-15(19)18-13/h3-10H,1-2H3,(H,17,20). The van der Waals surface area contributed by atoms with Crippen molar-refractivity contribution in [3.05, 3.63) is 54.4 Å². The number of hydrogen-bond donors (Lipinski definition) is 1. The Kier molecular flexibility index (Phi) is 3.31. The van der Waals surface area contributed by atoms with E-state index in [1.165, 1.54) is 0 Å². The van der Waals surface area contributed by atoms with Crippen LogP contribution < -0.4 is 10.1 Å². The molecule has 106 valence electrons. The zero-order chi connectivity index (χ0) is 14.8. The van der Waals surface area contributed by atoms with Gasteiger partial charge in [-0.3, -0.25) is 4.79 Å². The summed E-state index contributed by atoms with van der Waals surface area (Å²) in [4.78, 5) is 16.3. The van der Waals surface area contributed by atoms with E-state index < -0.39 is 0 Å². The zero-order valence-corrected chi connectivity index (χ0v) is 11.8. The van der Waals surface area contributed by atoms with Gasteiger partial charge in [-0.15, -0.1) is 0 Å². The summed E-state index contributed by atoms with van der Waals surface area (Å²) in [5.41, 5.74) is 3.09. The minimum Gasteiger partial charge on any atom is -0.496 e. The van der Waals surface area contributed by atoms with E-state index in [9.17, 15) is 4.79 Å². The number of rotatable bonds is 3. The lowest BCUT2D eigenvalue weighted by atomic mass is 10.1. The lowest BCUT2D eigenvalue weighted by Crippen LogP contribution is -2.17. The normalized spacial score (nSPS) is 10.6. The first kappa shape index (κ1) is 13.2. The number of amides is 1. The van der Waals surface area contributed by atoms with Gasteiger partial charge in [0.15, 0.2) is 0 Å². The van der Waals surface area contributed by atoms with Crippen molar-refractivity contribution in [3.8, 4) is 17.0 Å². The molecule has 2 aromatic heterocycles. The topological polar surface area (TPSA) is 55.6 Å². The summed E-state index contributed by atoms with van der Waals surface area (Å²) in [5.74, 6) is 0.481. The second-order valence-electron chi connectivity index (χ2n) is 4.59. The predicted molar refractivity (Wildman–Crippen MR) is 80.6 cm³/mol. The minimum absolute atomic E-state index is 0.144. The van der Waals surface area contributed by atoms with Crippen LogP contribution in [0, 0.1) is 0 Å². The fourth-order valence-corrected chi connectivity index (χ4v) is 2.25. The largest absolute Gasteiger partial charge is 0.496 e. The van der Waals surface area contributed by atoms with E-state index in [1.54, 1.807) is 26.3 Å². The first-order valence-electron chi connectivity index (χ1n) is 6.57. The number of ether oxygens (including phenoxy) is 1. The molecule has 5 heteroatoms. The molecule has 3 aromatic rings. The Morgan fingerprint density at radius 3 is 2.86 bits per heavy atom. The van der Waals surface area contributed by atoms with Crippen molar-refractivity contribution in [3.63, 3.8) is 0 Å². The first-order chi connectivity index (χ1) is 10.2. The molecule has 5 nitrogen and oxygen atoms in total. The van der Waals surface area contributed by atoms with Crippen LogP contribution in [0.2, 0.25) is 0 Å². The highest BCUT2D eigenvalue weighted by atomic mass is 16.5. The molecule has 0 radical (unpaired) electrons. The highest BCUT2D eigenvalue weighted by Crippen LogP contribution is 2.30. The molecule has 3 rings (SSSR count). The fraction of sp³-hybridized carbons (Fsp3) is 0.125. The number of pyridine rings is 1. The van der Waals surface area contributed by atoms with Gasteiger partial charge in [0, 0.05) is 30.6 Å². The van der Waals surface area contributed by atoms with Crippen molar-refractivity contribution in [2.24, 2.45) is 0 Å². The number of aromatic nitrogens is 2. The van der Waals surface area contributed by atoms with Gasteiger partial charge in [0.2, 0.25) is 0 Å². The third kappa shape index (κ3) is 2.33. The van der Waals surface area contributed by atoms with Crippen molar-refractivity contribution >= 4 is 11.6 Å². The summed E-state index contributed by atoms with van der Waals surface area (Å²) in [6.07, 6.45) is 3.88. The molecule has 0 atom stereocenters. The highest BCUT2D eigenvalue weighted by molar-refractivity contribution is 5.95. The Hall–Kier alpha value is -2.82. The number of carbonyl (C=O) groups excluding carboxylic acids is 1. The molecule has 0 saturated heterocycles. The Morgan fingerprint density at radius 1 is 1.29 bits per heavy atom. The van der Waals surface area contributed by atoms with Gasteiger partial charge in [0.25, 0.3) is 5.91 Å². The summed E-state index contributed by atoms with van der Waals surface area (Å²) in [6, 6.07) is 11.2. The molecule has 0 bridgehead atoms. The summed E-state index contributed by atoms with van der Waals surface area (Å²) < 4.78 is 7.35. The van der Waals surface area contributed by atoms with Crippen LogP contribution in [0.5, 0.6) is 5.75 Å². The number of methoxy groups -OCH3 is 1. The lowest BCUT2D eigenvalue weighted by Gasteiger charge is -2.08. The summed E-state index contributed by atoms with van der Waals surface area (Å²) in [7, 11) is 3.19. The van der Waals surface area contributed by atoms with Gasteiger partial charge < -0.3 is 14.5 Å². The van der Waals surface area contributed by atoms with Crippen LogP contribution in [0.4, 0.5) is 0 Å². The predicted octanol–water partition coefficient (Wildman–Crippen LogP) is 2.37. The van der Waals surface area contributed by atoms with Crippen molar-refractivity contribution in [1.29, 1.82) is 0 Å². The van der Waals surface area contributed by atoms with Crippen molar-refractivity contribution in [2.75, 3.05) is 14.2 Å². The molecule has 0 aliphatic carbocycles. The molecule has 1 N–H and O–H groups in total. The smallest absolute Gasteiger partial charge is 0.251 e. The van der Waals surface area contributed by atoms with Gasteiger partial charge in [-0.1, -0.05) is 6.07 Å². The molecule has 0 fully saturated rings. The van der Waals surface area contributed by atoms with Crippen LogP contribution >= 0.6 is 0 Å². The number of nitrogens with one attached hydrogen (secondary N) is 1. The van der Waals surface area contributed by atoms with Crippen LogP contribution in [0.25, 0.3) is 16.9 Å². The number of nitrogens with zero attached hydrogens (tertiary/aromatic N) is 2. The quantitative estimate of drug-likeness (QED) is 0.802. The molecular weight excluding hydrogens is 266 g/mol. The van der Waals surface area contributed by atoms with Gasteiger partial charge in [-0.25, -0.2) is 4.98 Å². The molecule has 1 amide bonds. The van der Waals surface area contributed by atoms with E-state index >= 15 is 0 Å². The van der Waals surface area contributed by atoms with E-state index in [2.05, 4.69) is 10.3 Å². The molecule has 0 spiro atoms. The van der Waals surface area contributed by atoms with Gasteiger partial charge >= 0.3 is 0 Å². The fourth-order valence-electron chi connectivity index (χ4n) is 2.25. The second kappa shape index (κ2) is 5.28. The van der Waals surface area contributed by atoms with Crippen LogP contribution in [-0.4, -0.2) is 29.4 Å². The van der Waals surface area contributed by atoms with Crippen molar-refractivity contribution in [1.82, 2.24) is 14.7 Å². The zero-order valence-electron chi connectivity index (χ0n) is 11.8. The summed E-state index contributed by atoms with van der Waals surface area (Å²) in [5, 5.41) is 2.60. The molecule has 0 saturated carbocycles. The second-order valence-corrected chi connectivity index (χ2v) is 4.59. The third-order valence-corrected chi connectivity index (χ3v) is 3.33. The number of carbonyl (C=O) groups is 1. The Morgan fingerprint density at radius 2 is 2.14 bits per heavy atom. The minimum atomic E-state index is -0.144. The molecule has 21 heavy (non-hydrogen) atoms. The highest BCUT2D eigenvalue weighted by Gasteiger charge is 2.13. The number of imidazole rings is 1. The van der Waals surface area contributed by atoms with E-state index in [0.717, 1.165) is 16.9 Å². The molecule has 0 aliphatic heterocycles. The molecule has 0 unspecified atom stereocenters. The maximum Gasteiger partial charge on any atom is 0.251 e.